The van der Waals surface area contributed by atoms with E-state index in [0.29, 0.717) is 11.5 Å². The summed E-state index contributed by atoms with van der Waals surface area (Å²) in [7, 11) is 1.89. The second kappa shape index (κ2) is 8.25. The van der Waals surface area contributed by atoms with Gasteiger partial charge in [-0.3, -0.25) is 4.79 Å². The van der Waals surface area contributed by atoms with Crippen LogP contribution in [0.4, 0.5) is 8.78 Å². The van der Waals surface area contributed by atoms with Crippen LogP contribution in [-0.2, 0) is 4.79 Å². The summed E-state index contributed by atoms with van der Waals surface area (Å²) in [6, 6.07) is 3.38. The van der Waals surface area contributed by atoms with Gasteiger partial charge in [0.1, 0.15) is 11.6 Å². The topological polar surface area (TPSA) is 32.3 Å². The molecule has 0 saturated carbocycles. The zero-order chi connectivity index (χ0) is 15.4. The number of carbonyl (C=O) groups is 1. The summed E-state index contributed by atoms with van der Waals surface area (Å²) in [5.41, 5.74) is 0.769. The van der Waals surface area contributed by atoms with Crippen molar-refractivity contribution in [2.75, 3.05) is 26.7 Å². The van der Waals surface area contributed by atoms with E-state index in [2.05, 4.69) is 5.32 Å². The van der Waals surface area contributed by atoms with Crippen LogP contribution >= 0.6 is 12.4 Å². The molecule has 1 atom stereocenters. The Kier molecular flexibility index (Phi) is 6.97. The molecule has 1 aliphatic rings. The molecule has 0 spiro atoms. The van der Waals surface area contributed by atoms with Gasteiger partial charge in [0, 0.05) is 30.8 Å². The first-order chi connectivity index (χ1) is 10.0. The Balaban J connectivity index is 0.00000242. The molecule has 2 rings (SSSR count). The number of carbonyl (C=O) groups excluding carboxylic acids is 1. The second-order valence-corrected chi connectivity index (χ2v) is 5.45. The van der Waals surface area contributed by atoms with E-state index in [4.69, 9.17) is 0 Å². The van der Waals surface area contributed by atoms with E-state index >= 15 is 0 Å². The van der Waals surface area contributed by atoms with Crippen molar-refractivity contribution in [2.24, 2.45) is 5.92 Å². The molecule has 1 aliphatic heterocycles. The molecule has 3 nitrogen and oxygen atoms in total. The van der Waals surface area contributed by atoms with Crippen molar-refractivity contribution in [1.29, 1.82) is 0 Å². The van der Waals surface area contributed by atoms with Gasteiger partial charge in [-0.05, 0) is 50.6 Å². The Morgan fingerprint density at radius 1 is 1.45 bits per heavy atom. The van der Waals surface area contributed by atoms with Crippen LogP contribution in [0.1, 0.15) is 18.9 Å². The van der Waals surface area contributed by atoms with Crippen molar-refractivity contribution in [2.45, 2.75) is 13.3 Å². The molecule has 1 amide bonds. The molecular formula is C16H21ClF2N2O. The van der Waals surface area contributed by atoms with Gasteiger partial charge in [-0.25, -0.2) is 8.78 Å². The van der Waals surface area contributed by atoms with Crippen molar-refractivity contribution in [3.8, 4) is 0 Å². The third kappa shape index (κ3) is 4.52. The minimum atomic E-state index is -0.647. The highest BCUT2D eigenvalue weighted by Crippen LogP contribution is 2.21. The van der Waals surface area contributed by atoms with Crippen LogP contribution in [-0.4, -0.2) is 37.5 Å². The maximum absolute atomic E-state index is 13.7. The predicted molar refractivity (Wildman–Crippen MR) is 85.9 cm³/mol. The lowest BCUT2D eigenvalue weighted by Gasteiger charge is -2.15. The zero-order valence-electron chi connectivity index (χ0n) is 12.7. The number of nitrogens with zero attached hydrogens (tertiary/aromatic N) is 1. The van der Waals surface area contributed by atoms with Gasteiger partial charge in [-0.15, -0.1) is 12.4 Å². The van der Waals surface area contributed by atoms with Gasteiger partial charge in [-0.1, -0.05) is 0 Å². The Morgan fingerprint density at radius 3 is 2.82 bits per heavy atom. The highest BCUT2D eigenvalue weighted by Gasteiger charge is 2.24. The third-order valence-corrected chi connectivity index (χ3v) is 3.79. The van der Waals surface area contributed by atoms with Crippen molar-refractivity contribution >= 4 is 23.9 Å². The smallest absolute Gasteiger partial charge is 0.246 e. The summed E-state index contributed by atoms with van der Waals surface area (Å²) in [6.07, 6.45) is 2.41. The maximum Gasteiger partial charge on any atom is 0.246 e. The highest BCUT2D eigenvalue weighted by atomic mass is 35.5. The van der Waals surface area contributed by atoms with E-state index in [9.17, 15) is 13.6 Å². The summed E-state index contributed by atoms with van der Waals surface area (Å²) in [5, 5.41) is 3.11. The van der Waals surface area contributed by atoms with Gasteiger partial charge in [0.15, 0.2) is 0 Å². The first kappa shape index (κ1) is 18.6. The van der Waals surface area contributed by atoms with Gasteiger partial charge >= 0.3 is 0 Å². The Hall–Kier alpha value is -1.46. The number of halogens is 3. The van der Waals surface area contributed by atoms with E-state index in [1.807, 2.05) is 7.05 Å². The number of allylic oxidation sites excluding steroid dienone is 1. The first-order valence-corrected chi connectivity index (χ1v) is 7.08. The van der Waals surface area contributed by atoms with Gasteiger partial charge in [0.05, 0.1) is 0 Å². The number of hydrogen-bond acceptors (Lipinski definition) is 2. The fourth-order valence-electron chi connectivity index (χ4n) is 2.65. The predicted octanol–water partition coefficient (Wildman–Crippen LogP) is 2.86. The van der Waals surface area contributed by atoms with Crippen molar-refractivity contribution in [1.82, 2.24) is 10.2 Å². The molecule has 0 radical (unpaired) electrons. The van der Waals surface area contributed by atoms with E-state index in [1.54, 1.807) is 11.8 Å². The molecule has 1 aromatic rings. The quantitative estimate of drug-likeness (QED) is 0.861. The molecule has 122 valence electrons. The number of amides is 1. The van der Waals surface area contributed by atoms with E-state index in [1.165, 1.54) is 18.2 Å². The lowest BCUT2D eigenvalue weighted by Crippen LogP contribution is -2.29. The van der Waals surface area contributed by atoms with Crippen molar-refractivity contribution < 1.29 is 13.6 Å². The highest BCUT2D eigenvalue weighted by molar-refractivity contribution is 5.95. The summed E-state index contributed by atoms with van der Waals surface area (Å²) < 4.78 is 26.6. The molecule has 0 aliphatic carbocycles. The largest absolute Gasteiger partial charge is 0.339 e. The van der Waals surface area contributed by atoms with E-state index in [-0.39, 0.29) is 23.9 Å². The van der Waals surface area contributed by atoms with Crippen LogP contribution in [0, 0.1) is 17.6 Å². The molecule has 1 N–H and O–H groups in total. The Morgan fingerprint density at radius 2 is 2.18 bits per heavy atom. The van der Waals surface area contributed by atoms with E-state index in [0.717, 1.165) is 32.1 Å². The van der Waals surface area contributed by atoms with E-state index < -0.39 is 11.6 Å². The molecule has 1 unspecified atom stereocenters. The molecule has 1 saturated heterocycles. The summed E-state index contributed by atoms with van der Waals surface area (Å²) >= 11 is 0. The fraction of sp³-hybridized carbons (Fsp3) is 0.438. The van der Waals surface area contributed by atoms with Crippen LogP contribution in [0.25, 0.3) is 5.57 Å². The lowest BCUT2D eigenvalue weighted by atomic mass is 10.1. The average Bonchev–Trinajstić information content (AvgIpc) is 2.87. The normalized spacial score (nSPS) is 18.3. The van der Waals surface area contributed by atoms with Crippen molar-refractivity contribution in [3.63, 3.8) is 0 Å². The standard InChI is InChI=1S/C16H20F2N2O.ClH/c1-11(14-4-3-13(17)8-15(14)18)7-16(21)20-6-5-12(10-20)9-19-2;/h3-4,7-8,12,19H,5-6,9-10H2,1-2H3;1H. The number of rotatable bonds is 4. The molecule has 1 fully saturated rings. The van der Waals surface area contributed by atoms with Crippen LogP contribution in [0.5, 0.6) is 0 Å². The van der Waals surface area contributed by atoms with Crippen LogP contribution in [0.15, 0.2) is 24.3 Å². The van der Waals surface area contributed by atoms with Crippen molar-refractivity contribution in [3.05, 3.63) is 41.5 Å². The SMILES string of the molecule is CNCC1CCN(C(=O)C=C(C)c2ccc(F)cc2F)C1.Cl. The molecule has 1 aromatic carbocycles. The fourth-order valence-corrected chi connectivity index (χ4v) is 2.65. The minimum Gasteiger partial charge on any atom is -0.339 e. The third-order valence-electron chi connectivity index (χ3n) is 3.79. The van der Waals surface area contributed by atoms with Gasteiger partial charge < -0.3 is 10.2 Å². The molecular weight excluding hydrogens is 310 g/mol. The van der Waals surface area contributed by atoms with Crippen LogP contribution in [0.2, 0.25) is 0 Å². The first-order valence-electron chi connectivity index (χ1n) is 7.08. The second-order valence-electron chi connectivity index (χ2n) is 5.45. The zero-order valence-corrected chi connectivity index (χ0v) is 13.6. The van der Waals surface area contributed by atoms with Crippen LogP contribution < -0.4 is 5.32 Å². The maximum atomic E-state index is 13.7. The lowest BCUT2D eigenvalue weighted by molar-refractivity contribution is -0.125. The van der Waals surface area contributed by atoms with Gasteiger partial charge in [-0.2, -0.15) is 0 Å². The molecule has 0 aromatic heterocycles. The number of nitrogens with one attached hydrogen (secondary N) is 1. The summed E-state index contributed by atoms with van der Waals surface area (Å²) in [6.45, 7) is 3.99. The van der Waals surface area contributed by atoms with Gasteiger partial charge in [0.25, 0.3) is 0 Å². The summed E-state index contributed by atoms with van der Waals surface area (Å²) in [5.74, 6) is -0.916. The Labute approximate surface area is 135 Å². The monoisotopic (exact) mass is 330 g/mol. The molecule has 0 bridgehead atoms. The molecule has 22 heavy (non-hydrogen) atoms. The minimum absolute atomic E-state index is 0. The number of benzene rings is 1. The van der Waals surface area contributed by atoms with Gasteiger partial charge in [0.2, 0.25) is 5.91 Å². The summed E-state index contributed by atoms with van der Waals surface area (Å²) in [4.78, 5) is 14.0. The number of likely N-dealkylation sites (tertiary alicyclic amines) is 1. The number of hydrogen-bond donors (Lipinski definition) is 1. The Bertz CT molecular complexity index is 563. The average molecular weight is 331 g/mol. The molecule has 1 heterocycles. The van der Waals surface area contributed by atoms with Crippen LogP contribution in [0.3, 0.4) is 0 Å². The molecule has 6 heteroatoms.